The van der Waals surface area contributed by atoms with E-state index in [0.29, 0.717) is 5.92 Å². The van der Waals surface area contributed by atoms with E-state index in [0.717, 1.165) is 42.6 Å². The van der Waals surface area contributed by atoms with Gasteiger partial charge in [-0.3, -0.25) is 0 Å². The largest absolute Gasteiger partial charge is 0.207 e. The van der Waals surface area contributed by atoms with Gasteiger partial charge in [-0.15, -0.1) is 6.58 Å². The highest BCUT2D eigenvalue weighted by Gasteiger charge is 2.36. The molecule has 0 bridgehead atoms. The Morgan fingerprint density at radius 2 is 1.70 bits per heavy atom. The van der Waals surface area contributed by atoms with Crippen LogP contribution in [0.15, 0.2) is 24.8 Å². The predicted molar refractivity (Wildman–Crippen MR) is 91.4 cm³/mol. The molecule has 3 rings (SSSR count). The first kappa shape index (κ1) is 16.7. The second kappa shape index (κ2) is 7.15. The summed E-state index contributed by atoms with van der Waals surface area (Å²) < 4.78 is 27.7. The summed E-state index contributed by atoms with van der Waals surface area (Å²) in [6, 6.07) is 3.14. The summed E-state index contributed by atoms with van der Waals surface area (Å²) in [7, 11) is 0. The first-order valence-corrected chi connectivity index (χ1v) is 9.15. The van der Waals surface area contributed by atoms with Crippen molar-refractivity contribution in [3.63, 3.8) is 0 Å². The van der Waals surface area contributed by atoms with Gasteiger partial charge in [0.2, 0.25) is 0 Å². The number of hydrogen-bond acceptors (Lipinski definition) is 0. The zero-order valence-electron chi connectivity index (χ0n) is 14.2. The summed E-state index contributed by atoms with van der Waals surface area (Å²) in [5.41, 5.74) is 1.02. The number of rotatable bonds is 4. The van der Waals surface area contributed by atoms with Crippen LogP contribution in [-0.4, -0.2) is 0 Å². The average Bonchev–Trinajstić information content (AvgIpc) is 2.56. The Hall–Kier alpha value is -1.18. The number of halogens is 2. The standard InChI is InChI=1S/C21H28F2/c1-3-4-5-15-6-7-17-11-18(9-8-16(17)10-15)19-12-20(22)14(2)21(23)13-19/h3,12-13,15-18H,1,4-11H2,2H3. The number of benzene rings is 1. The molecule has 0 N–H and O–H groups in total. The van der Waals surface area contributed by atoms with Crippen molar-refractivity contribution in [3.8, 4) is 0 Å². The van der Waals surface area contributed by atoms with Crippen LogP contribution in [0.3, 0.4) is 0 Å². The van der Waals surface area contributed by atoms with Crippen molar-refractivity contribution >= 4 is 0 Å². The molecule has 0 aliphatic heterocycles. The fourth-order valence-corrected chi connectivity index (χ4v) is 4.81. The van der Waals surface area contributed by atoms with Crippen molar-refractivity contribution in [2.24, 2.45) is 17.8 Å². The number of fused-ring (bicyclic) bond motifs is 1. The Kier molecular flexibility index (Phi) is 5.18. The molecule has 0 nitrogen and oxygen atoms in total. The van der Waals surface area contributed by atoms with Crippen molar-refractivity contribution < 1.29 is 8.78 Å². The van der Waals surface area contributed by atoms with Crippen molar-refractivity contribution in [2.45, 2.75) is 64.2 Å². The van der Waals surface area contributed by atoms with Crippen molar-refractivity contribution in [3.05, 3.63) is 47.5 Å². The Bertz CT molecular complexity index is 540. The van der Waals surface area contributed by atoms with Gasteiger partial charge in [0.25, 0.3) is 0 Å². The van der Waals surface area contributed by atoms with E-state index in [1.54, 1.807) is 12.1 Å². The molecule has 4 unspecified atom stereocenters. The highest BCUT2D eigenvalue weighted by atomic mass is 19.1. The molecule has 2 saturated carbocycles. The van der Waals surface area contributed by atoms with E-state index in [-0.39, 0.29) is 5.56 Å². The van der Waals surface area contributed by atoms with Gasteiger partial charge in [-0.05, 0) is 93.2 Å². The summed E-state index contributed by atoms with van der Waals surface area (Å²) in [6.45, 7) is 5.34. The van der Waals surface area contributed by atoms with Crippen LogP contribution in [0.4, 0.5) is 8.78 Å². The lowest BCUT2D eigenvalue weighted by Crippen LogP contribution is -2.30. The van der Waals surface area contributed by atoms with Crippen LogP contribution in [0.2, 0.25) is 0 Å². The van der Waals surface area contributed by atoms with Crippen molar-refractivity contribution in [1.29, 1.82) is 0 Å². The van der Waals surface area contributed by atoms with E-state index in [1.165, 1.54) is 39.0 Å². The van der Waals surface area contributed by atoms with E-state index in [1.807, 2.05) is 6.08 Å². The second-order valence-corrected chi connectivity index (χ2v) is 7.68. The summed E-state index contributed by atoms with van der Waals surface area (Å²) in [6.07, 6.45) is 11.8. The monoisotopic (exact) mass is 318 g/mol. The quantitative estimate of drug-likeness (QED) is 0.553. The molecular weight excluding hydrogens is 290 g/mol. The van der Waals surface area contributed by atoms with Gasteiger partial charge in [0.15, 0.2) is 0 Å². The fraction of sp³-hybridized carbons (Fsp3) is 0.619. The summed E-state index contributed by atoms with van der Waals surface area (Å²) in [4.78, 5) is 0. The minimum atomic E-state index is -0.393. The van der Waals surface area contributed by atoms with E-state index in [2.05, 4.69) is 6.58 Å². The smallest absolute Gasteiger partial charge is 0.129 e. The van der Waals surface area contributed by atoms with Crippen LogP contribution < -0.4 is 0 Å². The predicted octanol–water partition coefficient (Wildman–Crippen LogP) is 6.54. The molecule has 4 atom stereocenters. The zero-order valence-corrected chi connectivity index (χ0v) is 14.2. The van der Waals surface area contributed by atoms with Gasteiger partial charge in [0, 0.05) is 5.56 Å². The molecule has 2 aliphatic carbocycles. The third-order valence-corrected chi connectivity index (χ3v) is 6.28. The Morgan fingerprint density at radius 3 is 2.39 bits per heavy atom. The summed E-state index contributed by atoms with van der Waals surface area (Å²) >= 11 is 0. The average molecular weight is 318 g/mol. The molecule has 23 heavy (non-hydrogen) atoms. The maximum Gasteiger partial charge on any atom is 0.129 e. The Balaban J connectivity index is 1.64. The molecule has 2 heteroatoms. The lowest BCUT2D eigenvalue weighted by atomic mass is 9.63. The fourth-order valence-electron chi connectivity index (χ4n) is 4.81. The minimum Gasteiger partial charge on any atom is -0.207 e. The molecule has 0 spiro atoms. The summed E-state index contributed by atoms with van der Waals surface area (Å²) in [5, 5.41) is 0. The first-order valence-electron chi connectivity index (χ1n) is 9.15. The molecule has 0 saturated heterocycles. The number of hydrogen-bond donors (Lipinski definition) is 0. The first-order chi connectivity index (χ1) is 11.1. The molecule has 2 fully saturated rings. The molecule has 126 valence electrons. The van der Waals surface area contributed by atoms with Crippen molar-refractivity contribution in [2.75, 3.05) is 0 Å². The Labute approximate surface area is 139 Å². The second-order valence-electron chi connectivity index (χ2n) is 7.68. The molecular formula is C21H28F2. The maximum absolute atomic E-state index is 13.8. The minimum absolute atomic E-state index is 0.144. The van der Waals surface area contributed by atoms with Crippen molar-refractivity contribution in [1.82, 2.24) is 0 Å². The highest BCUT2D eigenvalue weighted by Crippen LogP contribution is 2.48. The van der Waals surface area contributed by atoms with E-state index in [4.69, 9.17) is 0 Å². The third kappa shape index (κ3) is 3.67. The van der Waals surface area contributed by atoms with Crippen LogP contribution in [0.1, 0.15) is 68.4 Å². The van der Waals surface area contributed by atoms with E-state index in [9.17, 15) is 8.78 Å². The molecule has 0 radical (unpaired) electrons. The van der Waals surface area contributed by atoms with Gasteiger partial charge in [-0.2, -0.15) is 0 Å². The lowest BCUT2D eigenvalue weighted by molar-refractivity contribution is 0.115. The molecule has 0 heterocycles. The zero-order chi connectivity index (χ0) is 16.4. The van der Waals surface area contributed by atoms with Crippen LogP contribution in [0.5, 0.6) is 0 Å². The normalized spacial score (nSPS) is 30.7. The van der Waals surface area contributed by atoms with Crippen LogP contribution >= 0.6 is 0 Å². The third-order valence-electron chi connectivity index (χ3n) is 6.28. The van der Waals surface area contributed by atoms with Gasteiger partial charge in [0.05, 0.1) is 0 Å². The van der Waals surface area contributed by atoms with Gasteiger partial charge >= 0.3 is 0 Å². The topological polar surface area (TPSA) is 0 Å². The molecule has 1 aromatic rings. The van der Waals surface area contributed by atoms with Crippen LogP contribution in [-0.2, 0) is 0 Å². The Morgan fingerprint density at radius 1 is 1.04 bits per heavy atom. The molecule has 0 aromatic heterocycles. The summed E-state index contributed by atoms with van der Waals surface area (Å²) in [5.74, 6) is 1.99. The van der Waals surface area contributed by atoms with Crippen LogP contribution in [0.25, 0.3) is 0 Å². The van der Waals surface area contributed by atoms with E-state index < -0.39 is 11.6 Å². The highest BCUT2D eigenvalue weighted by molar-refractivity contribution is 5.28. The molecule has 1 aromatic carbocycles. The molecule has 2 aliphatic rings. The SMILES string of the molecule is C=CCCC1CCC2CC(c3cc(F)c(C)c(F)c3)CCC2C1. The van der Waals surface area contributed by atoms with Crippen LogP contribution in [0, 0.1) is 36.3 Å². The molecule has 0 amide bonds. The van der Waals surface area contributed by atoms with Gasteiger partial charge in [0.1, 0.15) is 11.6 Å². The van der Waals surface area contributed by atoms with Gasteiger partial charge in [-0.1, -0.05) is 12.5 Å². The lowest BCUT2D eigenvalue weighted by Gasteiger charge is -2.42. The maximum atomic E-state index is 13.8. The van der Waals surface area contributed by atoms with E-state index >= 15 is 0 Å². The van der Waals surface area contributed by atoms with Gasteiger partial charge < -0.3 is 0 Å². The van der Waals surface area contributed by atoms with Gasteiger partial charge in [-0.25, -0.2) is 8.78 Å². The number of allylic oxidation sites excluding steroid dienone is 1.